The number of benzene rings is 1. The number of hydrogen-bond acceptors (Lipinski definition) is 5. The number of halogens is 2. The normalized spacial score (nSPS) is 19.5. The zero-order chi connectivity index (χ0) is 24.4. The number of esters is 1. The minimum atomic E-state index is -0.950. The van der Waals surface area contributed by atoms with E-state index in [-0.39, 0.29) is 36.4 Å². The second kappa shape index (κ2) is 10.4. The lowest BCUT2D eigenvalue weighted by Gasteiger charge is -2.22. The summed E-state index contributed by atoms with van der Waals surface area (Å²) in [6.07, 6.45) is 3.31. The van der Waals surface area contributed by atoms with Gasteiger partial charge in [-0.05, 0) is 43.4 Å². The molecule has 1 aliphatic heterocycles. The highest BCUT2D eigenvalue weighted by molar-refractivity contribution is 6.40. The van der Waals surface area contributed by atoms with Crippen molar-refractivity contribution in [1.29, 1.82) is 0 Å². The number of H-pyrrole nitrogens is 1. The van der Waals surface area contributed by atoms with Crippen LogP contribution in [0.2, 0.25) is 10.0 Å². The van der Waals surface area contributed by atoms with Crippen LogP contribution >= 0.6 is 23.2 Å². The molecule has 2 amide bonds. The van der Waals surface area contributed by atoms with Gasteiger partial charge < -0.3 is 20.4 Å². The molecule has 4 rings (SSSR count). The molecule has 34 heavy (non-hydrogen) atoms. The van der Waals surface area contributed by atoms with Crippen molar-refractivity contribution in [2.24, 2.45) is 17.8 Å². The van der Waals surface area contributed by atoms with Gasteiger partial charge in [-0.15, -0.1) is 0 Å². The standard InChI is InChI=1S/C24H27Cl2N3O5/c1-34-24(33)19(9-13-6-7-27-22(13)31)29-23(32)14(8-12-2-3-12)10-20(30)18-11-15-16(25)4-5-17(26)21(15)28-18/h4-5,11-14,19,28H,2-3,6-10H2,1H3,(H,27,31)(H,29,32)/t13-,14+,19-/m0/s1. The van der Waals surface area contributed by atoms with Gasteiger partial charge in [0.1, 0.15) is 6.04 Å². The Morgan fingerprint density at radius 3 is 2.50 bits per heavy atom. The van der Waals surface area contributed by atoms with E-state index >= 15 is 0 Å². The van der Waals surface area contributed by atoms with E-state index in [1.807, 2.05) is 0 Å². The number of methoxy groups -OCH3 is 1. The van der Waals surface area contributed by atoms with Crippen molar-refractivity contribution in [2.45, 2.75) is 44.6 Å². The zero-order valence-electron chi connectivity index (χ0n) is 18.8. The van der Waals surface area contributed by atoms with Crippen molar-refractivity contribution in [2.75, 3.05) is 13.7 Å². The molecule has 2 fully saturated rings. The van der Waals surface area contributed by atoms with Crippen molar-refractivity contribution in [3.8, 4) is 0 Å². The van der Waals surface area contributed by atoms with Gasteiger partial charge in [-0.1, -0.05) is 36.0 Å². The van der Waals surface area contributed by atoms with E-state index in [9.17, 15) is 19.2 Å². The summed E-state index contributed by atoms with van der Waals surface area (Å²) < 4.78 is 4.86. The minimum absolute atomic E-state index is 0.0256. The number of hydrogen-bond donors (Lipinski definition) is 3. The molecule has 0 bridgehead atoms. The summed E-state index contributed by atoms with van der Waals surface area (Å²) in [5, 5.41) is 7.04. The summed E-state index contributed by atoms with van der Waals surface area (Å²) in [5.41, 5.74) is 0.895. The molecular weight excluding hydrogens is 481 g/mol. The number of aromatic amines is 1. The van der Waals surface area contributed by atoms with E-state index in [4.69, 9.17) is 27.9 Å². The first-order valence-corrected chi connectivity index (χ1v) is 12.2. The van der Waals surface area contributed by atoms with E-state index in [2.05, 4.69) is 15.6 Å². The molecule has 1 aromatic heterocycles. The molecule has 3 atom stereocenters. The fraction of sp³-hybridized carbons (Fsp3) is 0.500. The van der Waals surface area contributed by atoms with E-state index in [0.29, 0.717) is 51.9 Å². The number of fused-ring (bicyclic) bond motifs is 1. The molecule has 0 radical (unpaired) electrons. The van der Waals surface area contributed by atoms with Crippen LogP contribution in [0.1, 0.15) is 49.0 Å². The first-order valence-electron chi connectivity index (χ1n) is 11.4. The average Bonchev–Trinajstić information content (AvgIpc) is 3.35. The minimum Gasteiger partial charge on any atom is -0.467 e. The number of Topliss-reactive ketones (excluding diaryl/α,β-unsaturated/α-hetero) is 1. The number of ketones is 1. The van der Waals surface area contributed by atoms with Gasteiger partial charge in [0.05, 0.1) is 28.4 Å². The maximum atomic E-state index is 13.2. The molecule has 0 spiro atoms. The van der Waals surface area contributed by atoms with Gasteiger partial charge in [-0.25, -0.2) is 4.79 Å². The zero-order valence-corrected chi connectivity index (χ0v) is 20.3. The van der Waals surface area contributed by atoms with Gasteiger partial charge in [0, 0.05) is 30.2 Å². The van der Waals surface area contributed by atoms with Crippen LogP contribution < -0.4 is 10.6 Å². The highest BCUT2D eigenvalue weighted by atomic mass is 35.5. The van der Waals surface area contributed by atoms with Crippen LogP contribution in [-0.4, -0.2) is 48.2 Å². The largest absolute Gasteiger partial charge is 0.467 e. The number of ether oxygens (including phenoxy) is 1. The number of nitrogens with one attached hydrogen (secondary N) is 3. The molecule has 3 N–H and O–H groups in total. The molecule has 1 saturated heterocycles. The van der Waals surface area contributed by atoms with Crippen LogP contribution in [0.4, 0.5) is 0 Å². The lowest BCUT2D eigenvalue weighted by Crippen LogP contribution is -2.46. The van der Waals surface area contributed by atoms with E-state index in [0.717, 1.165) is 12.8 Å². The molecular formula is C24H27Cl2N3O5. The summed E-state index contributed by atoms with van der Waals surface area (Å²) in [7, 11) is 1.24. The second-order valence-corrected chi connectivity index (χ2v) is 9.92. The highest BCUT2D eigenvalue weighted by Crippen LogP contribution is 2.37. The Labute approximate surface area is 207 Å². The van der Waals surface area contributed by atoms with Crippen molar-refractivity contribution in [3.05, 3.63) is 33.9 Å². The van der Waals surface area contributed by atoms with Gasteiger partial charge in [0.2, 0.25) is 11.8 Å². The summed E-state index contributed by atoms with van der Waals surface area (Å²) in [6.45, 7) is 0.544. The predicted molar refractivity (Wildman–Crippen MR) is 128 cm³/mol. The fourth-order valence-corrected chi connectivity index (χ4v) is 4.90. The third-order valence-electron chi connectivity index (χ3n) is 6.59. The second-order valence-electron chi connectivity index (χ2n) is 9.10. The van der Waals surface area contributed by atoms with Crippen LogP contribution in [0.3, 0.4) is 0 Å². The van der Waals surface area contributed by atoms with Crippen LogP contribution in [0.15, 0.2) is 18.2 Å². The predicted octanol–water partition coefficient (Wildman–Crippen LogP) is 3.65. The Balaban J connectivity index is 1.49. The lowest BCUT2D eigenvalue weighted by molar-refractivity contribution is -0.146. The van der Waals surface area contributed by atoms with Crippen molar-refractivity contribution < 1.29 is 23.9 Å². The summed E-state index contributed by atoms with van der Waals surface area (Å²) in [4.78, 5) is 53.7. The van der Waals surface area contributed by atoms with Gasteiger partial charge in [0.25, 0.3) is 0 Å². The van der Waals surface area contributed by atoms with Crippen LogP contribution in [0.25, 0.3) is 10.9 Å². The van der Waals surface area contributed by atoms with Crippen LogP contribution in [0, 0.1) is 17.8 Å². The third kappa shape index (κ3) is 5.55. The number of amides is 2. The van der Waals surface area contributed by atoms with Crippen LogP contribution in [0.5, 0.6) is 0 Å². The summed E-state index contributed by atoms with van der Waals surface area (Å²) >= 11 is 12.5. The van der Waals surface area contributed by atoms with Crippen molar-refractivity contribution in [1.82, 2.24) is 15.6 Å². The third-order valence-corrected chi connectivity index (χ3v) is 7.24. The Morgan fingerprint density at radius 2 is 1.88 bits per heavy atom. The molecule has 2 aromatic rings. The lowest BCUT2D eigenvalue weighted by atomic mass is 9.92. The average molecular weight is 508 g/mol. The molecule has 1 saturated carbocycles. The first-order chi connectivity index (χ1) is 16.3. The topological polar surface area (TPSA) is 117 Å². The summed E-state index contributed by atoms with van der Waals surface area (Å²) in [5.74, 6) is -1.97. The molecule has 2 heterocycles. The van der Waals surface area contributed by atoms with E-state index in [1.165, 1.54) is 7.11 Å². The number of carbonyl (C=O) groups is 4. The molecule has 8 nitrogen and oxygen atoms in total. The smallest absolute Gasteiger partial charge is 0.328 e. The molecule has 1 aliphatic carbocycles. The summed E-state index contributed by atoms with van der Waals surface area (Å²) in [6, 6.07) is 4.01. The van der Waals surface area contributed by atoms with Gasteiger partial charge in [0.15, 0.2) is 5.78 Å². The van der Waals surface area contributed by atoms with Crippen LogP contribution in [-0.2, 0) is 19.1 Å². The molecule has 0 unspecified atom stereocenters. The number of aromatic nitrogens is 1. The van der Waals surface area contributed by atoms with Gasteiger partial charge in [-0.3, -0.25) is 14.4 Å². The molecule has 10 heteroatoms. The Morgan fingerprint density at radius 1 is 1.15 bits per heavy atom. The first kappa shape index (κ1) is 24.5. The van der Waals surface area contributed by atoms with Crippen molar-refractivity contribution in [3.63, 3.8) is 0 Å². The molecule has 1 aromatic carbocycles. The Hall–Kier alpha value is -2.58. The van der Waals surface area contributed by atoms with Gasteiger partial charge in [-0.2, -0.15) is 0 Å². The number of carbonyl (C=O) groups excluding carboxylic acids is 4. The quantitative estimate of drug-likeness (QED) is 0.335. The van der Waals surface area contributed by atoms with Gasteiger partial charge >= 0.3 is 5.97 Å². The Kier molecular flexibility index (Phi) is 7.48. The maximum absolute atomic E-state index is 13.2. The maximum Gasteiger partial charge on any atom is 0.328 e. The highest BCUT2D eigenvalue weighted by Gasteiger charge is 2.36. The van der Waals surface area contributed by atoms with E-state index < -0.39 is 17.9 Å². The molecule has 182 valence electrons. The molecule has 2 aliphatic rings. The number of rotatable bonds is 10. The SMILES string of the molecule is COC(=O)[C@H](C[C@@H]1CCNC1=O)NC(=O)[C@@H](CC(=O)c1cc2c(Cl)ccc(Cl)c2[nH]1)CC1CC1. The van der Waals surface area contributed by atoms with Crippen molar-refractivity contribution >= 4 is 57.7 Å². The Bertz CT molecular complexity index is 1090. The monoisotopic (exact) mass is 507 g/mol. The fourth-order valence-electron chi connectivity index (χ4n) is 4.47. The van der Waals surface area contributed by atoms with E-state index in [1.54, 1.807) is 18.2 Å².